The SMILES string of the molecule is CC(C)(C)NC(=O)CNC(=O)C1(CN)CCCCC1. The van der Waals surface area contributed by atoms with Crippen molar-refractivity contribution < 1.29 is 9.59 Å². The topological polar surface area (TPSA) is 84.2 Å². The monoisotopic (exact) mass is 269 g/mol. The van der Waals surface area contributed by atoms with Gasteiger partial charge in [-0.15, -0.1) is 0 Å². The van der Waals surface area contributed by atoms with Crippen molar-refractivity contribution in [3.63, 3.8) is 0 Å². The van der Waals surface area contributed by atoms with E-state index in [9.17, 15) is 9.59 Å². The summed E-state index contributed by atoms with van der Waals surface area (Å²) < 4.78 is 0. The smallest absolute Gasteiger partial charge is 0.239 e. The van der Waals surface area contributed by atoms with Crippen LogP contribution in [0.2, 0.25) is 0 Å². The molecule has 110 valence electrons. The Bertz CT molecular complexity index is 328. The van der Waals surface area contributed by atoms with E-state index in [1.807, 2.05) is 20.8 Å². The molecule has 0 spiro atoms. The van der Waals surface area contributed by atoms with Crippen molar-refractivity contribution in [2.45, 2.75) is 58.4 Å². The first-order valence-corrected chi connectivity index (χ1v) is 7.08. The van der Waals surface area contributed by atoms with Gasteiger partial charge in [0.1, 0.15) is 0 Å². The fraction of sp³-hybridized carbons (Fsp3) is 0.857. The molecule has 0 aromatic heterocycles. The summed E-state index contributed by atoms with van der Waals surface area (Å²) in [5.74, 6) is -0.234. The normalized spacial score (nSPS) is 18.7. The summed E-state index contributed by atoms with van der Waals surface area (Å²) in [7, 11) is 0. The van der Waals surface area contributed by atoms with E-state index in [2.05, 4.69) is 10.6 Å². The van der Waals surface area contributed by atoms with Crippen LogP contribution in [0, 0.1) is 5.41 Å². The van der Waals surface area contributed by atoms with E-state index >= 15 is 0 Å². The zero-order valence-electron chi connectivity index (χ0n) is 12.3. The second kappa shape index (κ2) is 6.37. The lowest BCUT2D eigenvalue weighted by Crippen LogP contribution is -2.51. The van der Waals surface area contributed by atoms with Crippen LogP contribution in [0.4, 0.5) is 0 Å². The number of rotatable bonds is 4. The van der Waals surface area contributed by atoms with E-state index in [1.165, 1.54) is 6.42 Å². The highest BCUT2D eigenvalue weighted by Gasteiger charge is 2.38. The van der Waals surface area contributed by atoms with E-state index in [0.29, 0.717) is 6.54 Å². The van der Waals surface area contributed by atoms with Crippen molar-refractivity contribution in [3.8, 4) is 0 Å². The van der Waals surface area contributed by atoms with Gasteiger partial charge in [-0.1, -0.05) is 19.3 Å². The summed E-state index contributed by atoms with van der Waals surface area (Å²) in [4.78, 5) is 23.9. The predicted octanol–water partition coefficient (Wildman–Crippen LogP) is 0.927. The van der Waals surface area contributed by atoms with Crippen LogP contribution in [-0.4, -0.2) is 30.4 Å². The first-order chi connectivity index (χ1) is 8.79. The summed E-state index contributed by atoms with van der Waals surface area (Å²) in [5.41, 5.74) is 5.05. The second-order valence-electron chi connectivity index (χ2n) is 6.53. The fourth-order valence-corrected chi connectivity index (χ4v) is 2.56. The molecule has 2 amide bonds. The van der Waals surface area contributed by atoms with E-state index in [0.717, 1.165) is 25.7 Å². The van der Waals surface area contributed by atoms with Gasteiger partial charge in [-0.05, 0) is 33.6 Å². The van der Waals surface area contributed by atoms with Gasteiger partial charge >= 0.3 is 0 Å². The van der Waals surface area contributed by atoms with Crippen molar-refractivity contribution in [3.05, 3.63) is 0 Å². The molecule has 1 saturated carbocycles. The highest BCUT2D eigenvalue weighted by atomic mass is 16.2. The Morgan fingerprint density at radius 2 is 1.74 bits per heavy atom. The highest BCUT2D eigenvalue weighted by Crippen LogP contribution is 2.35. The van der Waals surface area contributed by atoms with Crippen molar-refractivity contribution in [2.24, 2.45) is 11.1 Å². The molecule has 5 heteroatoms. The largest absolute Gasteiger partial charge is 0.350 e. The summed E-state index contributed by atoms with van der Waals surface area (Å²) in [6.07, 6.45) is 4.91. The van der Waals surface area contributed by atoms with Gasteiger partial charge in [-0.2, -0.15) is 0 Å². The summed E-state index contributed by atoms with van der Waals surface area (Å²) in [6, 6.07) is 0. The minimum absolute atomic E-state index is 0.0256. The number of amides is 2. The van der Waals surface area contributed by atoms with Crippen LogP contribution in [0.5, 0.6) is 0 Å². The van der Waals surface area contributed by atoms with E-state index in [-0.39, 0.29) is 23.9 Å². The zero-order valence-corrected chi connectivity index (χ0v) is 12.3. The predicted molar refractivity (Wildman–Crippen MR) is 75.5 cm³/mol. The van der Waals surface area contributed by atoms with Crippen molar-refractivity contribution in [2.75, 3.05) is 13.1 Å². The summed E-state index contributed by atoms with van der Waals surface area (Å²) in [6.45, 7) is 6.12. The van der Waals surface area contributed by atoms with Crippen molar-refractivity contribution in [1.82, 2.24) is 10.6 Å². The van der Waals surface area contributed by atoms with Crippen molar-refractivity contribution >= 4 is 11.8 Å². The van der Waals surface area contributed by atoms with Crippen LogP contribution in [0.15, 0.2) is 0 Å². The van der Waals surface area contributed by atoms with Gasteiger partial charge < -0.3 is 16.4 Å². The van der Waals surface area contributed by atoms with Crippen LogP contribution in [0.3, 0.4) is 0 Å². The molecule has 0 aromatic rings. The molecular weight excluding hydrogens is 242 g/mol. The molecule has 0 aliphatic heterocycles. The Balaban J connectivity index is 2.47. The first-order valence-electron chi connectivity index (χ1n) is 7.08. The minimum Gasteiger partial charge on any atom is -0.350 e. The molecule has 1 aliphatic carbocycles. The van der Waals surface area contributed by atoms with Crippen molar-refractivity contribution in [1.29, 1.82) is 0 Å². The molecule has 5 nitrogen and oxygen atoms in total. The molecule has 0 unspecified atom stereocenters. The third-order valence-corrected chi connectivity index (χ3v) is 3.61. The maximum absolute atomic E-state index is 12.3. The number of carbonyl (C=O) groups excluding carboxylic acids is 2. The molecule has 0 saturated heterocycles. The van der Waals surface area contributed by atoms with Gasteiger partial charge in [0.2, 0.25) is 11.8 Å². The summed E-state index contributed by atoms with van der Waals surface area (Å²) in [5, 5.41) is 5.56. The van der Waals surface area contributed by atoms with E-state index in [1.54, 1.807) is 0 Å². The molecule has 1 fully saturated rings. The van der Waals surface area contributed by atoms with Crippen LogP contribution >= 0.6 is 0 Å². The van der Waals surface area contributed by atoms with Gasteiger partial charge in [0.25, 0.3) is 0 Å². The molecule has 0 heterocycles. The average molecular weight is 269 g/mol. The lowest BCUT2D eigenvalue weighted by atomic mass is 9.73. The number of nitrogens with two attached hydrogens (primary N) is 1. The lowest BCUT2D eigenvalue weighted by Gasteiger charge is -2.34. The number of hydrogen-bond acceptors (Lipinski definition) is 3. The van der Waals surface area contributed by atoms with Gasteiger partial charge in [0, 0.05) is 12.1 Å². The Morgan fingerprint density at radius 3 is 2.21 bits per heavy atom. The molecule has 0 atom stereocenters. The number of hydrogen-bond donors (Lipinski definition) is 3. The van der Waals surface area contributed by atoms with Gasteiger partial charge in [0.05, 0.1) is 12.0 Å². The lowest BCUT2D eigenvalue weighted by molar-refractivity contribution is -0.134. The number of carbonyl (C=O) groups is 2. The molecule has 0 radical (unpaired) electrons. The Labute approximate surface area is 115 Å². The zero-order chi connectivity index (χ0) is 14.5. The second-order valence-corrected chi connectivity index (χ2v) is 6.53. The minimum atomic E-state index is -0.458. The fourth-order valence-electron chi connectivity index (χ4n) is 2.56. The Kier molecular flexibility index (Phi) is 5.35. The first kappa shape index (κ1) is 16.0. The van der Waals surface area contributed by atoms with Crippen LogP contribution in [-0.2, 0) is 9.59 Å². The average Bonchev–Trinajstić information content (AvgIpc) is 2.34. The Morgan fingerprint density at radius 1 is 1.16 bits per heavy atom. The third-order valence-electron chi connectivity index (χ3n) is 3.61. The van der Waals surface area contributed by atoms with E-state index in [4.69, 9.17) is 5.73 Å². The maximum Gasteiger partial charge on any atom is 0.239 e. The van der Waals surface area contributed by atoms with Crippen LogP contribution in [0.1, 0.15) is 52.9 Å². The molecular formula is C14H27N3O2. The molecule has 0 bridgehead atoms. The number of nitrogens with one attached hydrogen (secondary N) is 2. The molecule has 19 heavy (non-hydrogen) atoms. The molecule has 1 rings (SSSR count). The van der Waals surface area contributed by atoms with Gasteiger partial charge in [0.15, 0.2) is 0 Å². The van der Waals surface area contributed by atoms with Crippen LogP contribution < -0.4 is 16.4 Å². The molecule has 1 aliphatic rings. The highest BCUT2D eigenvalue weighted by molar-refractivity contribution is 5.88. The summed E-state index contributed by atoms with van der Waals surface area (Å²) >= 11 is 0. The quantitative estimate of drug-likeness (QED) is 0.709. The van der Waals surface area contributed by atoms with Gasteiger partial charge in [-0.3, -0.25) is 9.59 Å². The van der Waals surface area contributed by atoms with Crippen LogP contribution in [0.25, 0.3) is 0 Å². The molecule has 0 aromatic carbocycles. The standard InChI is InChI=1S/C14H27N3O2/c1-13(2,3)17-11(18)9-16-12(19)14(10-15)7-5-4-6-8-14/h4-10,15H2,1-3H3,(H,16,19)(H,17,18). The molecule has 4 N–H and O–H groups in total. The maximum atomic E-state index is 12.3. The Hall–Kier alpha value is -1.10. The van der Waals surface area contributed by atoms with Gasteiger partial charge in [-0.25, -0.2) is 0 Å². The third kappa shape index (κ3) is 4.82. The van der Waals surface area contributed by atoms with E-state index < -0.39 is 5.41 Å².